The molecule has 0 radical (unpaired) electrons. The van der Waals surface area contributed by atoms with Crippen LogP contribution in [0.3, 0.4) is 0 Å². The largest absolute Gasteiger partial charge is 0.165 e. The summed E-state index contributed by atoms with van der Waals surface area (Å²) in [5.41, 5.74) is 0. The zero-order valence-electron chi connectivity index (χ0n) is 8.23. The minimum Gasteiger partial charge on any atom is -0.165 e. The smallest absolute Gasteiger partial charge is 0.00419 e. The van der Waals surface area contributed by atoms with Crippen molar-refractivity contribution >= 4 is 11.8 Å². The van der Waals surface area contributed by atoms with Crippen molar-refractivity contribution in [2.45, 2.75) is 46.0 Å². The van der Waals surface area contributed by atoms with Crippen LogP contribution in [0.2, 0.25) is 0 Å². The Morgan fingerprint density at radius 1 is 1.09 bits per heavy atom. The molecule has 0 aromatic rings. The molecular weight excluding hydrogens is 152 g/mol. The summed E-state index contributed by atoms with van der Waals surface area (Å²) in [4.78, 5) is 0. The Balaban J connectivity index is 0.000000461. The van der Waals surface area contributed by atoms with E-state index in [1.807, 2.05) is 25.6 Å². The van der Waals surface area contributed by atoms with E-state index >= 15 is 0 Å². The molecule has 0 nitrogen and oxygen atoms in total. The molecule has 11 heavy (non-hydrogen) atoms. The molecule has 0 atom stereocenters. The minimum absolute atomic E-state index is 1.06. The molecule has 0 N–H and O–H groups in total. The van der Waals surface area contributed by atoms with Crippen LogP contribution in [-0.2, 0) is 0 Å². The molecule has 0 heterocycles. The van der Waals surface area contributed by atoms with Gasteiger partial charge in [-0.25, -0.2) is 0 Å². The molecule has 0 saturated heterocycles. The molecule has 0 bridgehead atoms. The molecule has 1 fully saturated rings. The van der Waals surface area contributed by atoms with E-state index in [2.05, 4.69) is 6.26 Å². The number of hydrogen-bond donors (Lipinski definition) is 0. The summed E-state index contributed by atoms with van der Waals surface area (Å²) in [5, 5.41) is 0. The van der Waals surface area contributed by atoms with E-state index in [0.29, 0.717) is 0 Å². The highest BCUT2D eigenvalue weighted by Gasteiger charge is 2.11. The van der Waals surface area contributed by atoms with Crippen LogP contribution in [0.5, 0.6) is 0 Å². The van der Waals surface area contributed by atoms with Crippen LogP contribution < -0.4 is 0 Å². The van der Waals surface area contributed by atoms with Gasteiger partial charge in [0, 0.05) is 0 Å². The maximum absolute atomic E-state index is 2.22. The first-order valence-corrected chi connectivity index (χ1v) is 6.32. The second-order valence-electron chi connectivity index (χ2n) is 2.96. The van der Waals surface area contributed by atoms with E-state index < -0.39 is 0 Å². The van der Waals surface area contributed by atoms with E-state index in [0.717, 1.165) is 5.92 Å². The average molecular weight is 174 g/mol. The van der Waals surface area contributed by atoms with E-state index in [1.165, 1.54) is 37.9 Å². The van der Waals surface area contributed by atoms with Gasteiger partial charge < -0.3 is 0 Å². The highest BCUT2D eigenvalue weighted by molar-refractivity contribution is 7.98. The number of rotatable bonds is 2. The van der Waals surface area contributed by atoms with Crippen molar-refractivity contribution in [1.29, 1.82) is 0 Å². The topological polar surface area (TPSA) is 0 Å². The first-order valence-electron chi connectivity index (χ1n) is 4.92. The van der Waals surface area contributed by atoms with Gasteiger partial charge in [-0.1, -0.05) is 33.1 Å². The van der Waals surface area contributed by atoms with Gasteiger partial charge in [0.15, 0.2) is 0 Å². The molecule has 0 amide bonds. The van der Waals surface area contributed by atoms with Gasteiger partial charge in [-0.2, -0.15) is 11.8 Å². The van der Waals surface area contributed by atoms with Crippen molar-refractivity contribution in [2.24, 2.45) is 5.92 Å². The fourth-order valence-electron chi connectivity index (χ4n) is 1.59. The fourth-order valence-corrected chi connectivity index (χ4v) is 2.39. The molecule has 0 aromatic carbocycles. The summed E-state index contributed by atoms with van der Waals surface area (Å²) in [7, 11) is 0. The second-order valence-corrected chi connectivity index (χ2v) is 3.87. The highest BCUT2D eigenvalue weighted by atomic mass is 32.2. The molecule has 1 aliphatic rings. The summed E-state index contributed by atoms with van der Waals surface area (Å²) in [6.45, 7) is 4.00. The lowest BCUT2D eigenvalue weighted by Gasteiger charge is -2.19. The van der Waals surface area contributed by atoms with Gasteiger partial charge in [-0.05, 0) is 30.8 Å². The number of hydrogen-bond acceptors (Lipinski definition) is 1. The van der Waals surface area contributed by atoms with Crippen LogP contribution in [0, 0.1) is 5.92 Å². The molecule has 1 saturated carbocycles. The van der Waals surface area contributed by atoms with Crippen LogP contribution >= 0.6 is 11.8 Å². The van der Waals surface area contributed by atoms with Crippen molar-refractivity contribution in [3.63, 3.8) is 0 Å². The third-order valence-corrected chi connectivity index (χ3v) is 2.93. The predicted molar refractivity (Wildman–Crippen MR) is 56.3 cm³/mol. The maximum Gasteiger partial charge on any atom is -0.00419 e. The summed E-state index contributed by atoms with van der Waals surface area (Å²) in [6, 6.07) is 0. The SMILES string of the molecule is CC.CSCC1CCCCC1. The van der Waals surface area contributed by atoms with Gasteiger partial charge in [0.05, 0.1) is 0 Å². The van der Waals surface area contributed by atoms with Gasteiger partial charge in [0.2, 0.25) is 0 Å². The van der Waals surface area contributed by atoms with Crippen LogP contribution in [0.25, 0.3) is 0 Å². The Morgan fingerprint density at radius 3 is 2.09 bits per heavy atom. The maximum atomic E-state index is 2.22. The van der Waals surface area contributed by atoms with Crippen LogP contribution in [0.15, 0.2) is 0 Å². The Hall–Kier alpha value is 0.350. The molecular formula is C10H22S. The molecule has 0 aliphatic heterocycles. The molecule has 68 valence electrons. The Kier molecular flexibility index (Phi) is 8.72. The minimum atomic E-state index is 1.06. The molecule has 1 rings (SSSR count). The number of thioether (sulfide) groups is 1. The van der Waals surface area contributed by atoms with Gasteiger partial charge in [0.25, 0.3) is 0 Å². The standard InChI is InChI=1S/C8H16S.C2H6/c1-9-7-8-5-3-2-4-6-8;1-2/h8H,2-7H2,1H3;1-2H3. The van der Waals surface area contributed by atoms with Crippen molar-refractivity contribution in [2.75, 3.05) is 12.0 Å². The Morgan fingerprint density at radius 2 is 1.64 bits per heavy atom. The lowest BCUT2D eigenvalue weighted by molar-refractivity contribution is 0.391. The predicted octanol–water partition coefficient (Wildman–Crippen LogP) is 3.96. The highest BCUT2D eigenvalue weighted by Crippen LogP contribution is 2.25. The van der Waals surface area contributed by atoms with Gasteiger partial charge in [0.1, 0.15) is 0 Å². The van der Waals surface area contributed by atoms with Gasteiger partial charge >= 0.3 is 0 Å². The zero-order valence-corrected chi connectivity index (χ0v) is 9.04. The first kappa shape index (κ1) is 11.4. The lowest BCUT2D eigenvalue weighted by atomic mass is 9.91. The van der Waals surface area contributed by atoms with Crippen molar-refractivity contribution < 1.29 is 0 Å². The molecule has 1 aliphatic carbocycles. The van der Waals surface area contributed by atoms with E-state index in [1.54, 1.807) is 0 Å². The summed E-state index contributed by atoms with van der Waals surface area (Å²) in [6.07, 6.45) is 9.69. The van der Waals surface area contributed by atoms with Crippen molar-refractivity contribution in [3.8, 4) is 0 Å². The van der Waals surface area contributed by atoms with Crippen LogP contribution in [-0.4, -0.2) is 12.0 Å². The van der Waals surface area contributed by atoms with Gasteiger partial charge in [-0.15, -0.1) is 0 Å². The van der Waals surface area contributed by atoms with E-state index in [9.17, 15) is 0 Å². The first-order chi connectivity index (χ1) is 5.43. The Bertz CT molecular complexity index is 62.5. The van der Waals surface area contributed by atoms with Crippen molar-refractivity contribution in [1.82, 2.24) is 0 Å². The van der Waals surface area contributed by atoms with Crippen LogP contribution in [0.4, 0.5) is 0 Å². The molecule has 1 heteroatoms. The molecule has 0 unspecified atom stereocenters. The fraction of sp³-hybridized carbons (Fsp3) is 1.00. The van der Waals surface area contributed by atoms with Crippen LogP contribution in [0.1, 0.15) is 46.0 Å². The quantitative estimate of drug-likeness (QED) is 0.610. The molecule has 0 aromatic heterocycles. The molecule has 0 spiro atoms. The van der Waals surface area contributed by atoms with Gasteiger partial charge in [-0.3, -0.25) is 0 Å². The third-order valence-electron chi connectivity index (χ3n) is 2.13. The average Bonchev–Trinajstić information content (AvgIpc) is 2.11. The third kappa shape index (κ3) is 5.60. The lowest BCUT2D eigenvalue weighted by Crippen LogP contribution is -2.07. The summed E-state index contributed by atoms with van der Waals surface area (Å²) >= 11 is 2.01. The zero-order chi connectivity index (χ0) is 8.53. The summed E-state index contributed by atoms with van der Waals surface area (Å²) in [5.74, 6) is 2.47. The normalized spacial score (nSPS) is 18.8. The summed E-state index contributed by atoms with van der Waals surface area (Å²) < 4.78 is 0. The van der Waals surface area contributed by atoms with E-state index in [4.69, 9.17) is 0 Å². The van der Waals surface area contributed by atoms with Crippen molar-refractivity contribution in [3.05, 3.63) is 0 Å². The Labute approximate surface area is 76.1 Å². The van der Waals surface area contributed by atoms with E-state index in [-0.39, 0.29) is 0 Å². The second kappa shape index (κ2) is 8.45. The monoisotopic (exact) mass is 174 g/mol.